The topological polar surface area (TPSA) is 77.2 Å². The maximum Gasteiger partial charge on any atom is 0.242 e. The van der Waals surface area contributed by atoms with Crippen molar-refractivity contribution in [3.63, 3.8) is 0 Å². The van der Waals surface area contributed by atoms with Crippen LogP contribution in [0.15, 0.2) is 65.4 Å². The maximum absolute atomic E-state index is 12.9. The summed E-state index contributed by atoms with van der Waals surface area (Å²) in [5.41, 5.74) is 1.81. The van der Waals surface area contributed by atoms with Crippen LogP contribution in [0.2, 0.25) is 0 Å². The van der Waals surface area contributed by atoms with Crippen LogP contribution in [0.25, 0.3) is 0 Å². The number of rotatable bonds is 8. The summed E-state index contributed by atoms with van der Waals surface area (Å²) in [6.45, 7) is 2.64. The van der Waals surface area contributed by atoms with E-state index in [9.17, 15) is 4.79 Å². The second-order valence-corrected chi connectivity index (χ2v) is 7.53. The molecule has 2 aromatic carbocycles. The Bertz CT molecular complexity index is 906. The van der Waals surface area contributed by atoms with E-state index in [0.717, 1.165) is 23.5 Å². The highest BCUT2D eigenvalue weighted by atomic mass is 16.5. The molecule has 0 unspecified atom stereocenters. The summed E-state index contributed by atoms with van der Waals surface area (Å²) in [4.78, 5) is 12.9. The Morgan fingerprint density at radius 1 is 1.14 bits per heavy atom. The molecule has 0 aliphatic heterocycles. The van der Waals surface area contributed by atoms with Crippen molar-refractivity contribution in [1.82, 2.24) is 15.5 Å². The minimum Gasteiger partial charge on any atom is -0.493 e. The van der Waals surface area contributed by atoms with Gasteiger partial charge in [-0.3, -0.25) is 4.79 Å². The fourth-order valence-electron chi connectivity index (χ4n) is 3.39. The number of hydrogen-bond donors (Lipinski definition) is 1. The normalized spacial score (nSPS) is 15.9. The quantitative estimate of drug-likeness (QED) is 0.621. The van der Waals surface area contributed by atoms with Crippen LogP contribution in [0.5, 0.6) is 5.75 Å². The molecule has 1 N–H and O–H groups in total. The molecular formula is C23H25N3O3. The van der Waals surface area contributed by atoms with Crippen LogP contribution in [-0.4, -0.2) is 22.7 Å². The number of nitrogens with zero attached hydrogens (tertiary/aromatic N) is 2. The predicted octanol–water partition coefficient (Wildman–Crippen LogP) is 4.26. The zero-order chi connectivity index (χ0) is 20.1. The van der Waals surface area contributed by atoms with Crippen molar-refractivity contribution in [2.45, 2.75) is 38.1 Å². The fraction of sp³-hybridized carbons (Fsp3) is 0.348. The van der Waals surface area contributed by atoms with Gasteiger partial charge < -0.3 is 14.5 Å². The van der Waals surface area contributed by atoms with E-state index in [1.807, 2.05) is 61.5 Å². The lowest BCUT2D eigenvalue weighted by Gasteiger charge is -2.25. The number of carbonyl (C=O) groups excluding carboxylic acids is 1. The fourth-order valence-corrected chi connectivity index (χ4v) is 3.39. The average Bonchev–Trinajstić information content (AvgIpc) is 3.26. The Hall–Kier alpha value is -3.15. The van der Waals surface area contributed by atoms with E-state index >= 15 is 0 Å². The van der Waals surface area contributed by atoms with E-state index in [-0.39, 0.29) is 11.8 Å². The van der Waals surface area contributed by atoms with Crippen molar-refractivity contribution in [1.29, 1.82) is 0 Å². The van der Waals surface area contributed by atoms with Crippen LogP contribution >= 0.6 is 0 Å². The van der Waals surface area contributed by atoms with Crippen molar-refractivity contribution < 1.29 is 13.9 Å². The van der Waals surface area contributed by atoms with Crippen molar-refractivity contribution >= 4 is 5.91 Å². The molecule has 1 fully saturated rings. The van der Waals surface area contributed by atoms with E-state index in [4.69, 9.17) is 9.15 Å². The largest absolute Gasteiger partial charge is 0.493 e. The molecule has 4 rings (SSSR count). The molecule has 0 bridgehead atoms. The Kier molecular flexibility index (Phi) is 5.89. The molecular weight excluding hydrogens is 366 g/mol. The van der Waals surface area contributed by atoms with Crippen molar-refractivity contribution in [2.75, 3.05) is 6.61 Å². The molecule has 0 radical (unpaired) electrons. The highest BCUT2D eigenvalue weighted by molar-refractivity contribution is 5.83. The number of benzene rings is 2. The summed E-state index contributed by atoms with van der Waals surface area (Å²) in [7, 11) is 0. The van der Waals surface area contributed by atoms with Gasteiger partial charge in [0.2, 0.25) is 18.2 Å². The van der Waals surface area contributed by atoms with E-state index in [1.54, 1.807) is 0 Å². The minimum atomic E-state index is -0.517. The molecule has 1 saturated carbocycles. The molecule has 1 heterocycles. The first-order valence-corrected chi connectivity index (χ1v) is 10.0. The smallest absolute Gasteiger partial charge is 0.242 e. The standard InChI is InChI=1S/C23H25N3O3/c1-16(18-8-3-2-4-9-18)22(27)25-21(23-26-24-15-29-23)19-10-12-20(13-11-19)28-14-17-6-5-7-17/h2-4,8-13,15-17,21H,5-7,14H2,1H3,(H,25,27)/t16-,21+/m0/s1. The van der Waals surface area contributed by atoms with E-state index in [0.29, 0.717) is 11.8 Å². The average molecular weight is 391 g/mol. The van der Waals surface area contributed by atoms with Gasteiger partial charge in [0.15, 0.2) is 0 Å². The first-order chi connectivity index (χ1) is 14.2. The number of carbonyl (C=O) groups is 1. The Morgan fingerprint density at radius 3 is 2.52 bits per heavy atom. The predicted molar refractivity (Wildman–Crippen MR) is 108 cm³/mol. The monoisotopic (exact) mass is 391 g/mol. The van der Waals surface area contributed by atoms with Gasteiger partial charge in [-0.05, 0) is 48.9 Å². The molecule has 6 nitrogen and oxygen atoms in total. The van der Waals surface area contributed by atoms with Gasteiger partial charge >= 0.3 is 0 Å². The summed E-state index contributed by atoms with van der Waals surface area (Å²) < 4.78 is 11.3. The molecule has 1 aliphatic rings. The Labute approximate surface area is 170 Å². The lowest BCUT2D eigenvalue weighted by molar-refractivity contribution is -0.122. The van der Waals surface area contributed by atoms with Crippen LogP contribution in [0.4, 0.5) is 0 Å². The summed E-state index contributed by atoms with van der Waals surface area (Å²) in [6.07, 6.45) is 5.08. The third kappa shape index (κ3) is 4.65. The molecule has 29 heavy (non-hydrogen) atoms. The number of hydrogen-bond acceptors (Lipinski definition) is 5. The number of nitrogens with one attached hydrogen (secondary N) is 1. The van der Waals surface area contributed by atoms with E-state index < -0.39 is 6.04 Å². The first-order valence-electron chi connectivity index (χ1n) is 10.0. The summed E-state index contributed by atoms with van der Waals surface area (Å²) in [5, 5.41) is 10.8. The van der Waals surface area contributed by atoms with E-state index in [2.05, 4.69) is 15.5 Å². The molecule has 6 heteroatoms. The van der Waals surface area contributed by atoms with Crippen molar-refractivity contribution in [2.24, 2.45) is 5.92 Å². The van der Waals surface area contributed by atoms with Gasteiger partial charge in [0.25, 0.3) is 0 Å². The molecule has 1 aliphatic carbocycles. The molecule has 1 amide bonds. The van der Waals surface area contributed by atoms with Gasteiger partial charge in [-0.25, -0.2) is 0 Å². The summed E-state index contributed by atoms with van der Waals surface area (Å²) in [5.74, 6) is 1.45. The van der Waals surface area contributed by atoms with Gasteiger partial charge in [0.1, 0.15) is 11.8 Å². The van der Waals surface area contributed by atoms with Gasteiger partial charge in [-0.2, -0.15) is 0 Å². The van der Waals surface area contributed by atoms with Crippen LogP contribution in [0, 0.1) is 5.92 Å². The van der Waals surface area contributed by atoms with Gasteiger partial charge in [0.05, 0.1) is 12.5 Å². The molecule has 0 saturated heterocycles. The van der Waals surface area contributed by atoms with Crippen molar-refractivity contribution in [3.8, 4) is 5.75 Å². The van der Waals surface area contributed by atoms with Gasteiger partial charge in [-0.15, -0.1) is 10.2 Å². The zero-order valence-electron chi connectivity index (χ0n) is 16.5. The van der Waals surface area contributed by atoms with Crippen molar-refractivity contribution in [3.05, 3.63) is 78.0 Å². The van der Waals surface area contributed by atoms with Crippen LogP contribution in [0.1, 0.15) is 55.2 Å². The second kappa shape index (κ2) is 8.90. The molecule has 150 valence electrons. The lowest BCUT2D eigenvalue weighted by atomic mass is 9.86. The third-order valence-corrected chi connectivity index (χ3v) is 5.53. The molecule has 1 aromatic heterocycles. The first kappa shape index (κ1) is 19.2. The summed E-state index contributed by atoms with van der Waals surface area (Å²) in [6, 6.07) is 16.9. The maximum atomic E-state index is 12.9. The lowest BCUT2D eigenvalue weighted by Crippen LogP contribution is -2.32. The highest BCUT2D eigenvalue weighted by Crippen LogP contribution is 2.28. The zero-order valence-corrected chi connectivity index (χ0v) is 16.5. The minimum absolute atomic E-state index is 0.107. The van der Waals surface area contributed by atoms with Gasteiger partial charge in [0, 0.05) is 0 Å². The summed E-state index contributed by atoms with van der Waals surface area (Å²) >= 11 is 0. The molecule has 2 atom stereocenters. The van der Waals surface area contributed by atoms with E-state index in [1.165, 1.54) is 25.7 Å². The highest BCUT2D eigenvalue weighted by Gasteiger charge is 2.25. The number of ether oxygens (including phenoxy) is 1. The second-order valence-electron chi connectivity index (χ2n) is 7.53. The third-order valence-electron chi connectivity index (χ3n) is 5.53. The van der Waals surface area contributed by atoms with Crippen LogP contribution in [0.3, 0.4) is 0 Å². The molecule has 0 spiro atoms. The number of amides is 1. The SMILES string of the molecule is C[C@H](C(=O)N[C@H](c1ccc(OCC2CCC2)cc1)c1nnco1)c1ccccc1. The Balaban J connectivity index is 1.47. The molecule has 3 aromatic rings. The van der Waals surface area contributed by atoms with Gasteiger partial charge in [-0.1, -0.05) is 48.9 Å². The number of aromatic nitrogens is 2. The van der Waals surface area contributed by atoms with Crippen LogP contribution < -0.4 is 10.1 Å². The van der Waals surface area contributed by atoms with Crippen LogP contribution in [-0.2, 0) is 4.79 Å². The Morgan fingerprint density at radius 2 is 1.90 bits per heavy atom.